The van der Waals surface area contributed by atoms with E-state index >= 15 is 0 Å². The maximum absolute atomic E-state index is 5.97. The Morgan fingerprint density at radius 3 is 2.79 bits per heavy atom. The molecule has 34 heavy (non-hydrogen) atoms. The highest BCUT2D eigenvalue weighted by atomic mass is 16.5. The number of hydrogen-bond acceptors (Lipinski definition) is 6. The van der Waals surface area contributed by atoms with Gasteiger partial charge in [0, 0.05) is 55.2 Å². The Labute approximate surface area is 197 Å². The van der Waals surface area contributed by atoms with Gasteiger partial charge in [-0.05, 0) is 65.4 Å². The molecule has 2 aromatic carbocycles. The Hall–Kier alpha value is -4.04. The van der Waals surface area contributed by atoms with E-state index in [4.69, 9.17) is 15.2 Å². The van der Waals surface area contributed by atoms with Crippen molar-refractivity contribution in [3.8, 4) is 5.75 Å². The molecule has 3 aromatic heterocycles. The van der Waals surface area contributed by atoms with E-state index in [1.807, 2.05) is 18.3 Å². The molecule has 5 rings (SSSR count). The second-order valence-electron chi connectivity index (χ2n) is 8.21. The van der Waals surface area contributed by atoms with Crippen molar-refractivity contribution < 1.29 is 9.47 Å². The van der Waals surface area contributed by atoms with Crippen molar-refractivity contribution in [2.24, 2.45) is 0 Å². The molecule has 0 unspecified atom stereocenters. The first-order valence-corrected chi connectivity index (χ1v) is 11.3. The highest BCUT2D eigenvalue weighted by Gasteiger charge is 2.14. The molecule has 0 atom stereocenters. The SMILES string of the molecule is COCCOc1ccc2[nH]cc(CCN(Cc3ccc4[nH]ccc4c3)c3nccc(N)n3)c2c1. The molecule has 0 aliphatic rings. The summed E-state index contributed by atoms with van der Waals surface area (Å²) in [5, 5.41) is 2.33. The minimum Gasteiger partial charge on any atom is -0.491 e. The molecule has 174 valence electrons. The topological polar surface area (TPSA) is 105 Å². The summed E-state index contributed by atoms with van der Waals surface area (Å²) in [5.41, 5.74) is 10.6. The molecule has 0 saturated carbocycles. The summed E-state index contributed by atoms with van der Waals surface area (Å²) in [6.45, 7) is 2.49. The number of aromatic amines is 2. The van der Waals surface area contributed by atoms with E-state index in [1.165, 1.54) is 16.5 Å². The zero-order chi connectivity index (χ0) is 23.3. The molecular weight excluding hydrogens is 428 g/mol. The van der Waals surface area contributed by atoms with Gasteiger partial charge < -0.3 is 30.1 Å². The van der Waals surface area contributed by atoms with Crippen LogP contribution in [0.5, 0.6) is 5.75 Å². The lowest BCUT2D eigenvalue weighted by atomic mass is 10.1. The number of hydrogen-bond donors (Lipinski definition) is 3. The van der Waals surface area contributed by atoms with Crippen LogP contribution in [-0.4, -0.2) is 46.8 Å². The molecular formula is C26H28N6O2. The number of nitrogen functional groups attached to an aromatic ring is 1. The molecule has 8 heteroatoms. The van der Waals surface area contributed by atoms with Gasteiger partial charge in [0.25, 0.3) is 0 Å². The van der Waals surface area contributed by atoms with Crippen molar-refractivity contribution in [2.45, 2.75) is 13.0 Å². The summed E-state index contributed by atoms with van der Waals surface area (Å²) < 4.78 is 10.9. The fourth-order valence-electron chi connectivity index (χ4n) is 4.14. The van der Waals surface area contributed by atoms with E-state index in [-0.39, 0.29) is 0 Å². The minimum absolute atomic E-state index is 0.459. The third-order valence-corrected chi connectivity index (χ3v) is 5.88. The monoisotopic (exact) mass is 456 g/mol. The standard InChI is InChI=1S/C26H28N6O2/c1-33-12-13-34-21-3-5-24-22(15-21)20(16-30-24)8-11-32(26-29-10-7-25(27)31-26)17-18-2-4-23-19(14-18)6-9-28-23/h2-7,9-10,14-16,28,30H,8,11-13,17H2,1H3,(H2,27,29,31). The van der Waals surface area contributed by atoms with E-state index in [1.54, 1.807) is 19.4 Å². The van der Waals surface area contributed by atoms with Gasteiger partial charge in [-0.2, -0.15) is 4.98 Å². The van der Waals surface area contributed by atoms with Gasteiger partial charge in [0.2, 0.25) is 5.95 Å². The number of rotatable bonds is 10. The predicted octanol–water partition coefficient (Wildman–Crippen LogP) is 4.30. The van der Waals surface area contributed by atoms with E-state index < -0.39 is 0 Å². The normalized spacial score (nSPS) is 11.3. The highest BCUT2D eigenvalue weighted by Crippen LogP contribution is 2.25. The predicted molar refractivity (Wildman–Crippen MR) is 135 cm³/mol. The van der Waals surface area contributed by atoms with E-state index in [0.717, 1.165) is 35.1 Å². The fraction of sp³-hybridized carbons (Fsp3) is 0.231. The van der Waals surface area contributed by atoms with Crippen molar-refractivity contribution in [1.29, 1.82) is 0 Å². The van der Waals surface area contributed by atoms with Crippen LogP contribution >= 0.6 is 0 Å². The highest BCUT2D eigenvalue weighted by molar-refractivity contribution is 5.84. The number of nitrogens with one attached hydrogen (secondary N) is 2. The number of aromatic nitrogens is 4. The first-order valence-electron chi connectivity index (χ1n) is 11.3. The molecule has 0 amide bonds. The number of anilines is 2. The van der Waals surface area contributed by atoms with Gasteiger partial charge >= 0.3 is 0 Å². The number of ether oxygens (including phenoxy) is 2. The zero-order valence-electron chi connectivity index (χ0n) is 19.1. The summed E-state index contributed by atoms with van der Waals surface area (Å²) in [7, 11) is 1.67. The molecule has 8 nitrogen and oxygen atoms in total. The molecule has 0 saturated heterocycles. The van der Waals surface area contributed by atoms with Crippen LogP contribution in [0.1, 0.15) is 11.1 Å². The van der Waals surface area contributed by atoms with Crippen molar-refractivity contribution in [2.75, 3.05) is 37.5 Å². The Kier molecular flexibility index (Phi) is 6.31. The first kappa shape index (κ1) is 21.8. The van der Waals surface area contributed by atoms with Gasteiger partial charge in [-0.3, -0.25) is 0 Å². The van der Waals surface area contributed by atoms with Gasteiger partial charge in [0.05, 0.1) is 6.61 Å². The summed E-state index contributed by atoms with van der Waals surface area (Å²) in [4.78, 5) is 17.8. The molecule has 0 fully saturated rings. The average molecular weight is 457 g/mol. The molecule has 0 aliphatic heterocycles. The van der Waals surface area contributed by atoms with Crippen LogP contribution in [0.2, 0.25) is 0 Å². The lowest BCUT2D eigenvalue weighted by Gasteiger charge is -2.23. The van der Waals surface area contributed by atoms with Crippen LogP contribution in [0.15, 0.2) is 67.1 Å². The lowest BCUT2D eigenvalue weighted by Crippen LogP contribution is -2.27. The van der Waals surface area contributed by atoms with Gasteiger partial charge in [0.1, 0.15) is 18.2 Å². The van der Waals surface area contributed by atoms with Crippen molar-refractivity contribution >= 4 is 33.6 Å². The Morgan fingerprint density at radius 2 is 1.91 bits per heavy atom. The second-order valence-corrected chi connectivity index (χ2v) is 8.21. The van der Waals surface area contributed by atoms with E-state index in [9.17, 15) is 0 Å². The number of fused-ring (bicyclic) bond motifs is 2. The Morgan fingerprint density at radius 1 is 1.00 bits per heavy atom. The third-order valence-electron chi connectivity index (χ3n) is 5.88. The number of nitrogens with two attached hydrogens (primary N) is 1. The summed E-state index contributed by atoms with van der Waals surface area (Å²) >= 11 is 0. The van der Waals surface area contributed by atoms with Crippen molar-refractivity contribution in [3.05, 3.63) is 78.2 Å². The molecule has 0 bridgehead atoms. The zero-order valence-corrected chi connectivity index (χ0v) is 19.1. The minimum atomic E-state index is 0.459. The number of benzene rings is 2. The molecule has 3 heterocycles. The van der Waals surface area contributed by atoms with E-state index in [0.29, 0.717) is 31.5 Å². The number of H-pyrrole nitrogens is 2. The molecule has 0 radical (unpaired) electrons. The summed E-state index contributed by atoms with van der Waals surface area (Å²) in [6.07, 6.45) is 6.53. The maximum Gasteiger partial charge on any atom is 0.227 e. The smallest absolute Gasteiger partial charge is 0.227 e. The van der Waals surface area contributed by atoms with Crippen LogP contribution in [0.4, 0.5) is 11.8 Å². The van der Waals surface area contributed by atoms with Crippen LogP contribution in [0.25, 0.3) is 21.8 Å². The largest absolute Gasteiger partial charge is 0.491 e. The number of nitrogens with zero attached hydrogens (tertiary/aromatic N) is 3. The van der Waals surface area contributed by atoms with Gasteiger partial charge in [0.15, 0.2) is 0 Å². The summed E-state index contributed by atoms with van der Waals surface area (Å²) in [5.74, 6) is 1.92. The fourth-order valence-corrected chi connectivity index (χ4v) is 4.14. The third kappa shape index (κ3) is 4.82. The summed E-state index contributed by atoms with van der Waals surface area (Å²) in [6, 6.07) is 16.3. The Bertz CT molecular complexity index is 1390. The molecule has 0 spiro atoms. The lowest BCUT2D eigenvalue weighted by molar-refractivity contribution is 0.146. The quantitative estimate of drug-likeness (QED) is 0.271. The van der Waals surface area contributed by atoms with Gasteiger partial charge in [-0.15, -0.1) is 0 Å². The van der Waals surface area contributed by atoms with Gasteiger partial charge in [-0.1, -0.05) is 6.07 Å². The average Bonchev–Trinajstić information content (AvgIpc) is 3.48. The molecule has 4 N–H and O–H groups in total. The molecule has 5 aromatic rings. The van der Waals surface area contributed by atoms with Crippen LogP contribution in [0, 0.1) is 0 Å². The number of methoxy groups -OCH3 is 1. The molecule has 0 aliphatic carbocycles. The van der Waals surface area contributed by atoms with Crippen molar-refractivity contribution in [1.82, 2.24) is 19.9 Å². The van der Waals surface area contributed by atoms with Crippen molar-refractivity contribution in [3.63, 3.8) is 0 Å². The van der Waals surface area contributed by atoms with Crippen LogP contribution in [0.3, 0.4) is 0 Å². The second kappa shape index (κ2) is 9.84. The first-order chi connectivity index (χ1) is 16.7. The van der Waals surface area contributed by atoms with E-state index in [2.05, 4.69) is 61.4 Å². The maximum atomic E-state index is 5.97. The van der Waals surface area contributed by atoms with Gasteiger partial charge in [-0.25, -0.2) is 4.98 Å². The van der Waals surface area contributed by atoms with Crippen LogP contribution in [-0.2, 0) is 17.7 Å². The Balaban J connectivity index is 1.38. The van der Waals surface area contributed by atoms with Crippen LogP contribution < -0.4 is 15.4 Å².